The first kappa shape index (κ1) is 20.2. The fraction of sp³-hybridized carbons (Fsp3) is 0.333. The van der Waals surface area contributed by atoms with Gasteiger partial charge in [0.2, 0.25) is 5.95 Å². The van der Waals surface area contributed by atoms with Crippen LogP contribution >= 0.6 is 11.6 Å². The molecule has 6 nitrogen and oxygen atoms in total. The Bertz CT molecular complexity index is 937. The minimum atomic E-state index is -0.278. The van der Waals surface area contributed by atoms with Crippen molar-refractivity contribution in [3.05, 3.63) is 53.6 Å². The summed E-state index contributed by atoms with van der Waals surface area (Å²) >= 11 is 6.07. The van der Waals surface area contributed by atoms with Crippen LogP contribution in [-0.4, -0.2) is 46.6 Å². The molecule has 3 rings (SSSR count). The minimum Gasteiger partial charge on any atom is -0.482 e. The Kier molecular flexibility index (Phi) is 6.90. The van der Waals surface area contributed by atoms with Crippen LogP contribution in [0.4, 0.5) is 5.95 Å². The van der Waals surface area contributed by atoms with Crippen molar-refractivity contribution in [3.63, 3.8) is 0 Å². The summed E-state index contributed by atoms with van der Waals surface area (Å²) in [6.07, 6.45) is 0. The first-order valence-corrected chi connectivity index (χ1v) is 9.85. The molecular formula is C21H25ClN4O2. The number of carbonyl (C=O) groups excluding carboxylic acids is 1. The number of likely N-dealkylation sites (N-methyl/N-ethyl adjacent to an activating group) is 1. The van der Waals surface area contributed by atoms with E-state index in [9.17, 15) is 4.79 Å². The van der Waals surface area contributed by atoms with Gasteiger partial charge in [-0.25, -0.2) is 4.98 Å². The zero-order valence-corrected chi connectivity index (χ0v) is 16.9. The molecule has 0 radical (unpaired) electrons. The number of hydrogen-bond donors (Lipinski definition) is 1. The van der Waals surface area contributed by atoms with Crippen LogP contribution in [0, 0.1) is 0 Å². The molecule has 1 amide bonds. The van der Waals surface area contributed by atoms with Gasteiger partial charge < -0.3 is 14.2 Å². The van der Waals surface area contributed by atoms with Gasteiger partial charge >= 0.3 is 0 Å². The van der Waals surface area contributed by atoms with E-state index >= 15 is 0 Å². The van der Waals surface area contributed by atoms with E-state index in [4.69, 9.17) is 16.3 Å². The first-order chi connectivity index (χ1) is 13.6. The molecule has 0 fully saturated rings. The van der Waals surface area contributed by atoms with Crippen LogP contribution in [-0.2, 0) is 11.3 Å². The first-order valence-electron chi connectivity index (χ1n) is 9.47. The lowest BCUT2D eigenvalue weighted by Gasteiger charge is -2.19. The molecule has 1 aromatic heterocycles. The van der Waals surface area contributed by atoms with E-state index in [-0.39, 0.29) is 12.5 Å². The highest BCUT2D eigenvalue weighted by Crippen LogP contribution is 2.23. The molecule has 148 valence electrons. The maximum Gasteiger partial charge on any atom is 0.264 e. The highest BCUT2D eigenvalue weighted by molar-refractivity contribution is 6.32. The van der Waals surface area contributed by atoms with Crippen molar-refractivity contribution in [1.82, 2.24) is 14.5 Å². The molecule has 7 heteroatoms. The molecule has 0 unspecified atom stereocenters. The lowest BCUT2D eigenvalue weighted by molar-refractivity contribution is -0.118. The van der Waals surface area contributed by atoms with Gasteiger partial charge in [0.25, 0.3) is 5.91 Å². The Morgan fingerprint density at radius 2 is 1.86 bits per heavy atom. The van der Waals surface area contributed by atoms with E-state index in [2.05, 4.69) is 29.0 Å². The van der Waals surface area contributed by atoms with Crippen LogP contribution in [0.2, 0.25) is 5.02 Å². The van der Waals surface area contributed by atoms with Crippen molar-refractivity contribution in [3.8, 4) is 5.75 Å². The average Bonchev–Trinajstić information content (AvgIpc) is 3.05. The third-order valence-corrected chi connectivity index (χ3v) is 4.95. The molecular weight excluding hydrogens is 376 g/mol. The van der Waals surface area contributed by atoms with Crippen LogP contribution in [0.25, 0.3) is 11.0 Å². The highest BCUT2D eigenvalue weighted by Gasteiger charge is 2.14. The zero-order chi connectivity index (χ0) is 19.9. The van der Waals surface area contributed by atoms with E-state index in [0.29, 0.717) is 16.7 Å². The molecule has 0 bridgehead atoms. The fourth-order valence-electron chi connectivity index (χ4n) is 3.04. The lowest BCUT2D eigenvalue weighted by atomic mass is 10.3. The van der Waals surface area contributed by atoms with E-state index in [0.717, 1.165) is 37.2 Å². The molecule has 2 aromatic carbocycles. The number of imidazole rings is 1. The number of carbonyl (C=O) groups is 1. The maximum atomic E-state index is 12.4. The van der Waals surface area contributed by atoms with Crippen LogP contribution in [0.5, 0.6) is 5.75 Å². The van der Waals surface area contributed by atoms with Crippen molar-refractivity contribution in [1.29, 1.82) is 0 Å². The predicted octanol–water partition coefficient (Wildman–Crippen LogP) is 4.05. The van der Waals surface area contributed by atoms with Crippen LogP contribution < -0.4 is 10.1 Å². The summed E-state index contributed by atoms with van der Waals surface area (Å²) in [5.41, 5.74) is 1.85. The minimum absolute atomic E-state index is 0.136. The summed E-state index contributed by atoms with van der Waals surface area (Å²) in [6.45, 7) is 7.74. The van der Waals surface area contributed by atoms with Crippen molar-refractivity contribution in [2.24, 2.45) is 0 Å². The third kappa shape index (κ3) is 4.82. The van der Waals surface area contributed by atoms with Crippen LogP contribution in [0.3, 0.4) is 0 Å². The van der Waals surface area contributed by atoms with E-state index in [1.54, 1.807) is 12.1 Å². The fourth-order valence-corrected chi connectivity index (χ4v) is 3.23. The standard InChI is InChI=1S/C21H25ClN4O2/c1-3-25(4-2)13-14-26-18-11-7-6-10-17(18)23-21(26)24-20(27)15-28-19-12-8-5-9-16(19)22/h5-12H,3-4,13-15H2,1-2H3,(H,23,24,27). The number of ether oxygens (including phenoxy) is 1. The number of fused-ring (bicyclic) bond motifs is 1. The molecule has 1 heterocycles. The molecule has 1 N–H and O–H groups in total. The number of nitrogens with zero attached hydrogens (tertiary/aromatic N) is 3. The summed E-state index contributed by atoms with van der Waals surface area (Å²) in [5.74, 6) is 0.731. The number of anilines is 1. The van der Waals surface area contributed by atoms with Gasteiger partial charge in [0, 0.05) is 13.1 Å². The van der Waals surface area contributed by atoms with Gasteiger partial charge in [-0.15, -0.1) is 0 Å². The Morgan fingerprint density at radius 3 is 2.61 bits per heavy atom. The topological polar surface area (TPSA) is 59.4 Å². The van der Waals surface area contributed by atoms with Gasteiger partial charge in [0.05, 0.1) is 16.1 Å². The molecule has 28 heavy (non-hydrogen) atoms. The second-order valence-corrected chi connectivity index (χ2v) is 6.78. The summed E-state index contributed by atoms with van der Waals surface area (Å²) in [5, 5.41) is 3.35. The van der Waals surface area contributed by atoms with Crippen molar-refractivity contribution in [2.75, 3.05) is 31.6 Å². The van der Waals surface area contributed by atoms with Gasteiger partial charge in [-0.1, -0.05) is 49.7 Å². The quantitative estimate of drug-likeness (QED) is 0.588. The van der Waals surface area contributed by atoms with Crippen molar-refractivity contribution < 1.29 is 9.53 Å². The van der Waals surface area contributed by atoms with Gasteiger partial charge in [-0.2, -0.15) is 0 Å². The van der Waals surface area contributed by atoms with E-state index in [1.165, 1.54) is 0 Å². The monoisotopic (exact) mass is 400 g/mol. The number of amides is 1. The second-order valence-electron chi connectivity index (χ2n) is 6.37. The Labute approximate surface area is 170 Å². The maximum absolute atomic E-state index is 12.4. The van der Waals surface area contributed by atoms with Crippen molar-refractivity contribution in [2.45, 2.75) is 20.4 Å². The summed E-state index contributed by atoms with van der Waals surface area (Å²) in [7, 11) is 0. The molecule has 0 spiro atoms. The number of nitrogens with one attached hydrogen (secondary N) is 1. The van der Waals surface area contributed by atoms with E-state index in [1.807, 2.05) is 41.0 Å². The SMILES string of the molecule is CCN(CC)CCn1c(NC(=O)COc2ccccc2Cl)nc2ccccc21. The molecule has 0 saturated heterocycles. The number of benzene rings is 2. The largest absolute Gasteiger partial charge is 0.482 e. The Balaban J connectivity index is 1.73. The van der Waals surface area contributed by atoms with Crippen LogP contribution in [0.1, 0.15) is 13.8 Å². The summed E-state index contributed by atoms with van der Waals surface area (Å²) < 4.78 is 7.57. The number of hydrogen-bond acceptors (Lipinski definition) is 4. The van der Waals surface area contributed by atoms with Crippen molar-refractivity contribution >= 4 is 34.5 Å². The zero-order valence-electron chi connectivity index (χ0n) is 16.2. The smallest absolute Gasteiger partial charge is 0.264 e. The lowest BCUT2D eigenvalue weighted by Crippen LogP contribution is -2.28. The molecule has 0 aliphatic heterocycles. The van der Waals surface area contributed by atoms with Gasteiger partial charge in [-0.05, 0) is 37.4 Å². The molecule has 3 aromatic rings. The van der Waals surface area contributed by atoms with Gasteiger partial charge in [-0.3, -0.25) is 10.1 Å². The third-order valence-electron chi connectivity index (χ3n) is 4.64. The highest BCUT2D eigenvalue weighted by atomic mass is 35.5. The number of para-hydroxylation sites is 3. The molecule has 0 saturated carbocycles. The molecule has 0 atom stereocenters. The molecule has 0 aliphatic carbocycles. The Hall–Kier alpha value is -2.57. The molecule has 0 aliphatic rings. The summed E-state index contributed by atoms with van der Waals surface area (Å²) in [4.78, 5) is 19.4. The Morgan fingerprint density at radius 1 is 1.14 bits per heavy atom. The van der Waals surface area contributed by atoms with Crippen LogP contribution in [0.15, 0.2) is 48.5 Å². The second kappa shape index (κ2) is 9.57. The summed E-state index contributed by atoms with van der Waals surface area (Å²) in [6, 6.07) is 15.0. The van der Waals surface area contributed by atoms with Gasteiger partial charge in [0.15, 0.2) is 6.61 Å². The number of rotatable bonds is 9. The number of halogens is 1. The van der Waals surface area contributed by atoms with E-state index < -0.39 is 0 Å². The predicted molar refractivity (Wildman–Crippen MR) is 113 cm³/mol. The number of aromatic nitrogens is 2. The average molecular weight is 401 g/mol. The van der Waals surface area contributed by atoms with Gasteiger partial charge in [0.1, 0.15) is 5.75 Å². The normalized spacial score (nSPS) is 11.1.